The highest BCUT2D eigenvalue weighted by atomic mass is 35.5. The van der Waals surface area contributed by atoms with E-state index in [1.807, 2.05) is 0 Å². The first kappa shape index (κ1) is 29.4. The maximum atomic E-state index is 12.8. The maximum Gasteiger partial charge on any atom is 0.262 e. The van der Waals surface area contributed by atoms with E-state index in [9.17, 15) is 26.4 Å². The number of Topliss-reactive ketones (excluding diaryl/α,β-unsaturated/α-hetero) is 1. The number of methoxy groups -OCH3 is 1. The van der Waals surface area contributed by atoms with Crippen LogP contribution < -0.4 is 19.5 Å². The summed E-state index contributed by atoms with van der Waals surface area (Å²) in [6, 6.07) is 13.7. The number of carbonyl (C=O) groups is 2. The molecule has 1 amide bonds. The molecule has 14 heteroatoms. The quantitative estimate of drug-likeness (QED) is 0.278. The van der Waals surface area contributed by atoms with Gasteiger partial charge in [0.2, 0.25) is 15.9 Å². The lowest BCUT2D eigenvalue weighted by Crippen LogP contribution is -2.28. The van der Waals surface area contributed by atoms with E-state index in [2.05, 4.69) is 14.8 Å². The number of anilines is 2. The first-order chi connectivity index (χ1) is 17.8. The zero-order chi connectivity index (χ0) is 28.1. The molecule has 0 unspecified atom stereocenters. The molecule has 202 valence electrons. The third kappa shape index (κ3) is 7.45. The van der Waals surface area contributed by atoms with E-state index in [0.29, 0.717) is 0 Å². The zero-order valence-corrected chi connectivity index (χ0v) is 23.3. The lowest BCUT2D eigenvalue weighted by Gasteiger charge is -2.14. The second-order valence-electron chi connectivity index (χ2n) is 7.88. The fourth-order valence-corrected chi connectivity index (χ4v) is 5.73. The average molecular weight is 601 g/mol. The summed E-state index contributed by atoms with van der Waals surface area (Å²) in [6.45, 7) is 1.11. The Bertz CT molecular complexity index is 1590. The normalized spacial score (nSPS) is 11.6. The van der Waals surface area contributed by atoms with Crippen LogP contribution in [-0.4, -0.2) is 42.2 Å². The second kappa shape index (κ2) is 12.1. The highest BCUT2D eigenvalue weighted by Gasteiger charge is 2.19. The van der Waals surface area contributed by atoms with Gasteiger partial charge in [0, 0.05) is 24.2 Å². The van der Waals surface area contributed by atoms with E-state index >= 15 is 0 Å². The van der Waals surface area contributed by atoms with Gasteiger partial charge in [0.25, 0.3) is 10.0 Å². The minimum atomic E-state index is -4.08. The highest BCUT2D eigenvalue weighted by molar-refractivity contribution is 7.92. The Morgan fingerprint density at radius 2 is 1.58 bits per heavy atom. The topological polar surface area (TPSA) is 148 Å². The van der Waals surface area contributed by atoms with Gasteiger partial charge in [-0.25, -0.2) is 21.6 Å². The predicted octanol–water partition coefficient (Wildman–Crippen LogP) is 4.31. The molecule has 0 aliphatic heterocycles. The Morgan fingerprint density at radius 1 is 0.868 bits per heavy atom. The van der Waals surface area contributed by atoms with Crippen molar-refractivity contribution in [3.63, 3.8) is 0 Å². The molecular weight excluding hydrogens is 577 g/mol. The first-order valence-electron chi connectivity index (χ1n) is 10.9. The largest absolute Gasteiger partial charge is 0.495 e. The van der Waals surface area contributed by atoms with Crippen molar-refractivity contribution < 1.29 is 31.2 Å². The van der Waals surface area contributed by atoms with Crippen molar-refractivity contribution in [2.24, 2.45) is 0 Å². The van der Waals surface area contributed by atoms with Crippen LogP contribution in [0.5, 0.6) is 5.75 Å². The van der Waals surface area contributed by atoms with Crippen molar-refractivity contribution >= 4 is 66.3 Å². The molecule has 38 heavy (non-hydrogen) atoms. The van der Waals surface area contributed by atoms with E-state index in [1.165, 1.54) is 74.7 Å². The van der Waals surface area contributed by atoms with Crippen LogP contribution >= 0.6 is 23.2 Å². The van der Waals surface area contributed by atoms with Crippen LogP contribution in [0.4, 0.5) is 11.4 Å². The number of amides is 1. The number of benzene rings is 3. The lowest BCUT2D eigenvalue weighted by molar-refractivity contribution is -0.116. The van der Waals surface area contributed by atoms with Crippen LogP contribution in [0.2, 0.25) is 10.0 Å². The van der Waals surface area contributed by atoms with Crippen molar-refractivity contribution in [2.75, 3.05) is 23.7 Å². The van der Waals surface area contributed by atoms with Gasteiger partial charge in [-0.15, -0.1) is 0 Å². The van der Waals surface area contributed by atoms with Crippen molar-refractivity contribution in [3.05, 3.63) is 76.3 Å². The van der Waals surface area contributed by atoms with Crippen molar-refractivity contribution in [1.82, 2.24) is 4.72 Å². The van der Waals surface area contributed by atoms with Crippen molar-refractivity contribution in [2.45, 2.75) is 23.1 Å². The molecule has 0 aliphatic rings. The summed E-state index contributed by atoms with van der Waals surface area (Å²) in [5.74, 6) is -0.625. The number of rotatable bonds is 11. The summed E-state index contributed by atoms with van der Waals surface area (Å²) in [6.07, 6.45) is -0.220. The Balaban J connectivity index is 1.67. The molecule has 0 spiro atoms. The molecule has 0 saturated carbocycles. The molecule has 0 aromatic heterocycles. The smallest absolute Gasteiger partial charge is 0.262 e. The van der Waals surface area contributed by atoms with Gasteiger partial charge in [0.1, 0.15) is 5.75 Å². The molecule has 0 bridgehead atoms. The molecule has 0 fully saturated rings. The predicted molar refractivity (Wildman–Crippen MR) is 145 cm³/mol. The molecule has 3 aromatic rings. The van der Waals surface area contributed by atoms with Crippen molar-refractivity contribution in [1.29, 1.82) is 0 Å². The number of ketones is 1. The summed E-state index contributed by atoms with van der Waals surface area (Å²) in [4.78, 5) is 23.7. The van der Waals surface area contributed by atoms with Crippen LogP contribution in [0.15, 0.2) is 70.5 Å². The number of nitrogens with one attached hydrogen (secondary N) is 3. The van der Waals surface area contributed by atoms with Gasteiger partial charge in [-0.2, -0.15) is 0 Å². The van der Waals surface area contributed by atoms with E-state index in [1.54, 1.807) is 0 Å². The fourth-order valence-electron chi connectivity index (χ4n) is 3.20. The van der Waals surface area contributed by atoms with Gasteiger partial charge in [-0.3, -0.25) is 14.3 Å². The van der Waals surface area contributed by atoms with Crippen LogP contribution in [0.3, 0.4) is 0 Å². The van der Waals surface area contributed by atoms with Gasteiger partial charge >= 0.3 is 0 Å². The van der Waals surface area contributed by atoms with Crippen LogP contribution in [0.25, 0.3) is 0 Å². The zero-order valence-electron chi connectivity index (χ0n) is 20.1. The minimum Gasteiger partial charge on any atom is -0.495 e. The number of hydrogen-bond acceptors (Lipinski definition) is 7. The third-order valence-corrected chi connectivity index (χ3v) is 8.68. The third-order valence-electron chi connectivity index (χ3n) is 5.12. The number of halogens is 2. The average Bonchev–Trinajstić information content (AvgIpc) is 2.85. The Kier molecular flexibility index (Phi) is 9.39. The van der Waals surface area contributed by atoms with Gasteiger partial charge in [-0.05, 0) is 55.5 Å². The summed E-state index contributed by atoms with van der Waals surface area (Å²) >= 11 is 11.8. The Labute approximate surface area is 230 Å². The lowest BCUT2D eigenvalue weighted by atomic mass is 10.2. The van der Waals surface area contributed by atoms with E-state index < -0.39 is 26.0 Å². The summed E-state index contributed by atoms with van der Waals surface area (Å²) in [5, 5.41) is 2.83. The Morgan fingerprint density at radius 3 is 2.24 bits per heavy atom. The van der Waals surface area contributed by atoms with Crippen LogP contribution in [0.1, 0.15) is 23.7 Å². The Hall–Kier alpha value is -3.16. The molecule has 0 saturated heterocycles. The van der Waals surface area contributed by atoms with Gasteiger partial charge < -0.3 is 10.1 Å². The monoisotopic (exact) mass is 599 g/mol. The number of ether oxygens (including phenoxy) is 1. The summed E-state index contributed by atoms with van der Waals surface area (Å²) in [7, 11) is -6.68. The minimum absolute atomic E-state index is 0.0439. The van der Waals surface area contributed by atoms with Crippen molar-refractivity contribution in [3.8, 4) is 5.75 Å². The van der Waals surface area contributed by atoms with Crippen LogP contribution in [0, 0.1) is 0 Å². The SMILES string of the molecule is COc1ccc(NC(=O)CCNS(=O)(=O)c2cccc(C(C)=O)c2)cc1NS(=O)(=O)c1ccc(Cl)c(Cl)c1. The first-order valence-corrected chi connectivity index (χ1v) is 14.6. The molecule has 10 nitrogen and oxygen atoms in total. The van der Waals surface area contributed by atoms with E-state index in [0.717, 1.165) is 0 Å². The van der Waals surface area contributed by atoms with Gasteiger partial charge in [-0.1, -0.05) is 35.3 Å². The molecule has 0 atom stereocenters. The summed E-state index contributed by atoms with van der Waals surface area (Å²) in [5.41, 5.74) is 0.526. The molecule has 3 rings (SSSR count). The molecule has 0 radical (unpaired) electrons. The molecule has 0 aliphatic carbocycles. The van der Waals surface area contributed by atoms with Gasteiger partial charge in [0.05, 0.1) is 32.6 Å². The van der Waals surface area contributed by atoms with Gasteiger partial charge in [0.15, 0.2) is 5.78 Å². The number of hydrogen-bond donors (Lipinski definition) is 3. The highest BCUT2D eigenvalue weighted by Crippen LogP contribution is 2.31. The van der Waals surface area contributed by atoms with E-state index in [-0.39, 0.29) is 61.3 Å². The van der Waals surface area contributed by atoms with E-state index in [4.69, 9.17) is 27.9 Å². The molecular formula is C24H23Cl2N3O7S2. The second-order valence-corrected chi connectivity index (χ2v) is 12.1. The molecule has 3 aromatic carbocycles. The summed E-state index contributed by atoms with van der Waals surface area (Å²) < 4.78 is 60.6. The fraction of sp³-hybridized carbons (Fsp3) is 0.167. The molecule has 0 heterocycles. The maximum absolute atomic E-state index is 12.8. The standard InChI is InChI=1S/C24H23Cl2N3O7S2/c1-15(30)16-4-3-5-18(12-16)37(32,33)27-11-10-24(31)28-17-6-9-23(36-2)22(13-17)29-38(34,35)19-7-8-20(25)21(26)14-19/h3-9,12-14,27,29H,10-11H2,1-2H3,(H,28,31). The number of sulfonamides is 2. The molecule has 3 N–H and O–H groups in total. The number of carbonyl (C=O) groups excluding carboxylic acids is 2. The van der Waals surface area contributed by atoms with Crippen LogP contribution in [-0.2, 0) is 24.8 Å².